The van der Waals surface area contributed by atoms with Gasteiger partial charge in [0.05, 0.1) is 6.20 Å². The van der Waals surface area contributed by atoms with Gasteiger partial charge in [0.2, 0.25) is 5.89 Å². The van der Waals surface area contributed by atoms with E-state index in [1.54, 1.807) is 0 Å². The van der Waals surface area contributed by atoms with Crippen molar-refractivity contribution >= 4 is 21.1 Å². The Hall–Kier alpha value is -0.628. The molecule has 0 aromatic carbocycles. The molecule has 17 heavy (non-hydrogen) atoms. The van der Waals surface area contributed by atoms with Gasteiger partial charge >= 0.3 is 7.12 Å². The van der Waals surface area contributed by atoms with Crippen LogP contribution in [0.25, 0.3) is 0 Å². The van der Waals surface area contributed by atoms with Crippen LogP contribution in [0.4, 0.5) is 0 Å². The molecule has 0 aliphatic heterocycles. The number of hydrogen-bond donors (Lipinski definition) is 2. The second-order valence-corrected chi connectivity index (χ2v) is 10.4. The molecule has 0 bridgehead atoms. The fourth-order valence-electron chi connectivity index (χ4n) is 0.969. The quantitative estimate of drug-likeness (QED) is 0.783. The van der Waals surface area contributed by atoms with Crippen molar-refractivity contribution in [1.29, 1.82) is 0 Å². The first-order chi connectivity index (χ1) is 7.63. The molecule has 0 radical (unpaired) electrons. The van der Waals surface area contributed by atoms with Gasteiger partial charge in [0.1, 0.15) is 6.61 Å². The lowest BCUT2D eigenvalue weighted by Gasteiger charge is -2.35. The summed E-state index contributed by atoms with van der Waals surface area (Å²) in [4.78, 5) is 3.93. The van der Waals surface area contributed by atoms with Crippen LogP contribution < -0.4 is 5.66 Å². The van der Waals surface area contributed by atoms with E-state index in [0.717, 1.165) is 0 Å². The molecule has 96 valence electrons. The van der Waals surface area contributed by atoms with Gasteiger partial charge in [-0.3, -0.25) is 0 Å². The third-order valence-electron chi connectivity index (χ3n) is 3.19. The van der Waals surface area contributed by atoms with E-state index in [-0.39, 0.29) is 17.3 Å². The summed E-state index contributed by atoms with van der Waals surface area (Å²) in [6.45, 7) is 11.0. The van der Waals surface area contributed by atoms with E-state index in [1.807, 2.05) is 0 Å². The monoisotopic (exact) mass is 257 g/mol. The van der Waals surface area contributed by atoms with Crippen molar-refractivity contribution < 1.29 is 18.9 Å². The fraction of sp³-hybridized carbons (Fsp3) is 0.700. The zero-order valence-electron chi connectivity index (χ0n) is 11.0. The second-order valence-electron chi connectivity index (χ2n) is 5.58. The zero-order valence-corrected chi connectivity index (χ0v) is 12.0. The van der Waals surface area contributed by atoms with E-state index < -0.39 is 15.4 Å². The Morgan fingerprint density at radius 3 is 2.41 bits per heavy atom. The minimum Gasteiger partial charge on any atom is -0.447 e. The molecule has 0 saturated heterocycles. The van der Waals surface area contributed by atoms with Gasteiger partial charge in [-0.1, -0.05) is 20.8 Å². The summed E-state index contributed by atoms with van der Waals surface area (Å²) < 4.78 is 11.0. The van der Waals surface area contributed by atoms with Crippen LogP contribution in [0.15, 0.2) is 10.6 Å². The molecule has 0 unspecified atom stereocenters. The molecule has 1 aromatic heterocycles. The minimum absolute atomic E-state index is 0.0406. The predicted octanol–water partition coefficient (Wildman–Crippen LogP) is 0.876. The normalized spacial score (nSPS) is 12.9. The van der Waals surface area contributed by atoms with Crippen LogP contribution >= 0.6 is 0 Å². The summed E-state index contributed by atoms with van der Waals surface area (Å²) in [5, 5.41) is 17.9. The first-order valence-electron chi connectivity index (χ1n) is 5.58. The largest absolute Gasteiger partial charge is 0.528 e. The van der Waals surface area contributed by atoms with E-state index in [2.05, 4.69) is 38.8 Å². The van der Waals surface area contributed by atoms with Crippen molar-refractivity contribution in [3.63, 3.8) is 0 Å². The topological polar surface area (TPSA) is 75.7 Å². The Balaban J connectivity index is 2.61. The van der Waals surface area contributed by atoms with Crippen molar-refractivity contribution in [3.8, 4) is 0 Å². The smallest absolute Gasteiger partial charge is 0.447 e. The van der Waals surface area contributed by atoms with Gasteiger partial charge in [0, 0.05) is 0 Å². The molecule has 1 heterocycles. The molecule has 0 atom stereocenters. The van der Waals surface area contributed by atoms with Gasteiger partial charge in [-0.15, -0.1) is 0 Å². The van der Waals surface area contributed by atoms with Gasteiger partial charge in [0.15, 0.2) is 14.0 Å². The highest BCUT2D eigenvalue weighted by Gasteiger charge is 2.37. The van der Waals surface area contributed by atoms with E-state index in [0.29, 0.717) is 5.89 Å². The average molecular weight is 257 g/mol. The Labute approximate surface area is 103 Å². The standard InChI is InChI=1S/C10H20BNO4Si/c1-10(2,3)17(4,5)15-7-9-12-6-8(16-9)11(13)14/h6,13-14H,7H2,1-5H3. The van der Waals surface area contributed by atoms with Gasteiger partial charge in [-0.2, -0.15) is 0 Å². The van der Waals surface area contributed by atoms with E-state index in [1.165, 1.54) is 6.20 Å². The van der Waals surface area contributed by atoms with Gasteiger partial charge in [-0.25, -0.2) is 4.98 Å². The summed E-state index contributed by atoms with van der Waals surface area (Å²) in [6, 6.07) is 0. The Bertz CT molecular complexity index is 373. The Morgan fingerprint density at radius 1 is 1.41 bits per heavy atom. The number of nitrogens with zero attached hydrogens (tertiary/aromatic N) is 1. The van der Waals surface area contributed by atoms with Crippen LogP contribution in [0.3, 0.4) is 0 Å². The average Bonchev–Trinajstić information content (AvgIpc) is 2.61. The van der Waals surface area contributed by atoms with Crippen LogP contribution in [-0.4, -0.2) is 30.5 Å². The molecule has 1 rings (SSSR count). The SMILES string of the molecule is CC(C)(C)[Si](C)(C)OCc1ncc(B(O)O)o1. The molecule has 0 aliphatic rings. The van der Waals surface area contributed by atoms with Crippen LogP contribution in [0.1, 0.15) is 26.7 Å². The second kappa shape index (κ2) is 4.93. The summed E-state index contributed by atoms with van der Waals surface area (Å²) in [6.07, 6.45) is 1.30. The first kappa shape index (κ1) is 14.4. The lowest BCUT2D eigenvalue weighted by Crippen LogP contribution is -2.40. The molecule has 0 fully saturated rings. The third kappa shape index (κ3) is 3.67. The Morgan fingerprint density at radius 2 is 2.00 bits per heavy atom. The lowest BCUT2D eigenvalue weighted by molar-refractivity contribution is 0.241. The molecule has 0 saturated carbocycles. The fourth-order valence-corrected chi connectivity index (χ4v) is 1.89. The third-order valence-corrected chi connectivity index (χ3v) is 7.67. The minimum atomic E-state index is -1.83. The number of oxazole rings is 1. The van der Waals surface area contributed by atoms with Crippen molar-refractivity contribution in [1.82, 2.24) is 4.98 Å². The number of aromatic nitrogens is 1. The summed E-state index contributed by atoms with van der Waals surface area (Å²) in [5.74, 6) is 0.373. The highest BCUT2D eigenvalue weighted by molar-refractivity contribution is 6.74. The molecule has 5 nitrogen and oxygen atoms in total. The molecule has 0 spiro atoms. The van der Waals surface area contributed by atoms with Gasteiger partial charge < -0.3 is 18.9 Å². The van der Waals surface area contributed by atoms with Crippen molar-refractivity contribution in [2.45, 2.75) is 45.5 Å². The van der Waals surface area contributed by atoms with Crippen LogP contribution in [0, 0.1) is 0 Å². The lowest BCUT2D eigenvalue weighted by atomic mass is 9.89. The highest BCUT2D eigenvalue weighted by Crippen LogP contribution is 2.36. The summed E-state index contributed by atoms with van der Waals surface area (Å²) >= 11 is 0. The molecule has 2 N–H and O–H groups in total. The van der Waals surface area contributed by atoms with E-state index in [9.17, 15) is 0 Å². The van der Waals surface area contributed by atoms with Crippen LogP contribution in [0.5, 0.6) is 0 Å². The molecular weight excluding hydrogens is 237 g/mol. The molecule has 0 aliphatic carbocycles. The van der Waals surface area contributed by atoms with E-state index in [4.69, 9.17) is 18.9 Å². The van der Waals surface area contributed by atoms with Crippen molar-refractivity contribution in [2.24, 2.45) is 0 Å². The van der Waals surface area contributed by atoms with Crippen LogP contribution in [-0.2, 0) is 11.0 Å². The highest BCUT2D eigenvalue weighted by atomic mass is 28.4. The van der Waals surface area contributed by atoms with Gasteiger partial charge in [0.25, 0.3) is 0 Å². The molecule has 0 amide bonds. The maximum atomic E-state index is 8.88. The van der Waals surface area contributed by atoms with E-state index >= 15 is 0 Å². The zero-order chi connectivity index (χ0) is 13.3. The Kier molecular flexibility index (Phi) is 4.19. The maximum Gasteiger partial charge on any atom is 0.528 e. The number of rotatable bonds is 4. The van der Waals surface area contributed by atoms with Crippen LogP contribution in [0.2, 0.25) is 18.1 Å². The molecule has 1 aromatic rings. The summed E-state index contributed by atoms with van der Waals surface area (Å²) in [7, 11) is -3.45. The maximum absolute atomic E-state index is 8.88. The van der Waals surface area contributed by atoms with Crippen molar-refractivity contribution in [3.05, 3.63) is 12.1 Å². The number of hydrogen-bond acceptors (Lipinski definition) is 5. The molecular formula is C10H20BNO4Si. The molecule has 7 heteroatoms. The van der Waals surface area contributed by atoms with Crippen molar-refractivity contribution in [2.75, 3.05) is 0 Å². The predicted molar refractivity (Wildman–Crippen MR) is 68.3 cm³/mol. The first-order valence-corrected chi connectivity index (χ1v) is 8.49. The van der Waals surface area contributed by atoms with Gasteiger partial charge in [-0.05, 0) is 18.1 Å². The summed E-state index contributed by atoms with van der Waals surface area (Å²) in [5.41, 5.74) is 0.0406.